The number of nitrogens with one attached hydrogen (secondary N) is 1. The molecule has 8 nitrogen and oxygen atoms in total. The van der Waals surface area contributed by atoms with Crippen LogP contribution in [0.25, 0.3) is 11.0 Å². The number of carbonyl (C=O) groups is 1. The molecule has 1 aliphatic carbocycles. The Morgan fingerprint density at radius 2 is 1.93 bits per heavy atom. The van der Waals surface area contributed by atoms with Crippen LogP contribution in [0.15, 0.2) is 35.4 Å². The summed E-state index contributed by atoms with van der Waals surface area (Å²) < 4.78 is 1.60. The van der Waals surface area contributed by atoms with Crippen molar-refractivity contribution in [1.82, 2.24) is 29.5 Å². The van der Waals surface area contributed by atoms with Gasteiger partial charge in [0.05, 0.1) is 29.6 Å². The van der Waals surface area contributed by atoms with Gasteiger partial charge in [0.2, 0.25) is 0 Å². The molecule has 0 atom stereocenters. The molecule has 0 saturated carbocycles. The molecule has 1 N–H and O–H groups in total. The van der Waals surface area contributed by atoms with Crippen molar-refractivity contribution >= 4 is 16.9 Å². The molecule has 0 radical (unpaired) electrons. The predicted octanol–water partition coefficient (Wildman–Crippen LogP) is 1.07. The maximum Gasteiger partial charge on any atom is 0.267 e. The van der Waals surface area contributed by atoms with Crippen LogP contribution in [0.1, 0.15) is 28.0 Å². The zero-order valence-electron chi connectivity index (χ0n) is 16.3. The fourth-order valence-electron chi connectivity index (χ4n) is 4.26. The lowest BCUT2D eigenvalue weighted by Gasteiger charge is -2.34. The number of imidazole rings is 1. The number of rotatable bonds is 4. The lowest BCUT2D eigenvalue weighted by molar-refractivity contribution is 0.0631. The first-order chi connectivity index (χ1) is 14.2. The predicted molar refractivity (Wildman–Crippen MR) is 109 cm³/mol. The molecule has 0 unspecified atom stereocenters. The van der Waals surface area contributed by atoms with E-state index >= 15 is 0 Å². The number of hydrogen-bond donors (Lipinski definition) is 1. The largest absolute Gasteiger partial charge is 0.345 e. The van der Waals surface area contributed by atoms with E-state index in [1.165, 1.54) is 0 Å². The highest BCUT2D eigenvalue weighted by molar-refractivity contribution is 5.97. The number of fused-ring (bicyclic) bond motifs is 2. The quantitative estimate of drug-likeness (QED) is 0.718. The number of H-pyrrole nitrogens is 1. The summed E-state index contributed by atoms with van der Waals surface area (Å²) in [6, 6.07) is 7.33. The molecule has 1 fully saturated rings. The molecule has 5 rings (SSSR count). The van der Waals surface area contributed by atoms with Crippen LogP contribution in [-0.4, -0.2) is 68.2 Å². The molecule has 1 aliphatic heterocycles. The SMILES string of the molecule is O=C(c1ccc2nc[nH]c2c1)N1CCN(CCn2nc3c(cc2=O)CCC3)CC1. The highest BCUT2D eigenvalue weighted by Crippen LogP contribution is 2.17. The second-order valence-electron chi connectivity index (χ2n) is 7.80. The van der Waals surface area contributed by atoms with Gasteiger partial charge >= 0.3 is 0 Å². The van der Waals surface area contributed by atoms with E-state index < -0.39 is 0 Å². The number of aryl methyl sites for hydroxylation is 2. The van der Waals surface area contributed by atoms with Crippen LogP contribution in [0.5, 0.6) is 0 Å². The summed E-state index contributed by atoms with van der Waals surface area (Å²) in [5.41, 5.74) is 4.61. The minimum Gasteiger partial charge on any atom is -0.345 e. The third-order valence-corrected chi connectivity index (χ3v) is 5.98. The highest BCUT2D eigenvalue weighted by Gasteiger charge is 2.23. The zero-order valence-corrected chi connectivity index (χ0v) is 16.3. The van der Waals surface area contributed by atoms with Crippen molar-refractivity contribution in [1.29, 1.82) is 0 Å². The Balaban J connectivity index is 1.17. The number of benzene rings is 1. The van der Waals surface area contributed by atoms with Gasteiger partial charge in [0.1, 0.15) is 0 Å². The average Bonchev–Trinajstić information content (AvgIpc) is 3.40. The van der Waals surface area contributed by atoms with Gasteiger partial charge < -0.3 is 9.88 Å². The standard InChI is InChI=1S/C21H24N6O2/c28-20-13-15-2-1-3-17(15)24-27(20)11-8-25-6-9-26(10-7-25)21(29)16-4-5-18-19(12-16)23-14-22-18/h4-5,12-14H,1-3,6-11H2,(H,22,23). The number of amides is 1. The molecular formula is C21H24N6O2. The number of piperazine rings is 1. The van der Waals surface area contributed by atoms with Gasteiger partial charge in [0.25, 0.3) is 11.5 Å². The van der Waals surface area contributed by atoms with Crippen LogP contribution in [0.2, 0.25) is 0 Å². The van der Waals surface area contributed by atoms with E-state index in [0.29, 0.717) is 25.2 Å². The molecule has 0 bridgehead atoms. The normalized spacial score (nSPS) is 17.0. The Hall–Kier alpha value is -3.00. The second-order valence-corrected chi connectivity index (χ2v) is 7.80. The van der Waals surface area contributed by atoms with Gasteiger partial charge in [0.15, 0.2) is 0 Å². The maximum atomic E-state index is 12.8. The summed E-state index contributed by atoms with van der Waals surface area (Å²) in [4.78, 5) is 36.5. The highest BCUT2D eigenvalue weighted by atomic mass is 16.2. The van der Waals surface area contributed by atoms with E-state index in [2.05, 4.69) is 20.0 Å². The Bertz CT molecular complexity index is 1110. The van der Waals surface area contributed by atoms with Crippen LogP contribution < -0.4 is 5.56 Å². The Morgan fingerprint density at radius 3 is 2.79 bits per heavy atom. The summed E-state index contributed by atoms with van der Waals surface area (Å²) in [6.07, 6.45) is 4.68. The van der Waals surface area contributed by atoms with Gasteiger partial charge in [-0.25, -0.2) is 9.67 Å². The first kappa shape index (κ1) is 18.1. The lowest BCUT2D eigenvalue weighted by Crippen LogP contribution is -2.49. The number of carbonyl (C=O) groups excluding carboxylic acids is 1. The molecule has 3 aromatic rings. The number of aromatic nitrogens is 4. The monoisotopic (exact) mass is 392 g/mol. The molecule has 8 heteroatoms. The fourth-order valence-corrected chi connectivity index (χ4v) is 4.26. The fraction of sp³-hybridized carbons (Fsp3) is 0.429. The van der Waals surface area contributed by atoms with E-state index in [4.69, 9.17) is 0 Å². The first-order valence-electron chi connectivity index (χ1n) is 10.2. The number of hydrogen-bond acceptors (Lipinski definition) is 5. The van der Waals surface area contributed by atoms with Crippen LogP contribution in [-0.2, 0) is 19.4 Å². The minimum absolute atomic E-state index is 0.00587. The zero-order chi connectivity index (χ0) is 19.8. The van der Waals surface area contributed by atoms with Crippen LogP contribution in [0.4, 0.5) is 0 Å². The molecule has 1 saturated heterocycles. The smallest absolute Gasteiger partial charge is 0.267 e. The number of nitrogens with zero attached hydrogens (tertiary/aromatic N) is 5. The van der Waals surface area contributed by atoms with E-state index in [1.807, 2.05) is 23.1 Å². The van der Waals surface area contributed by atoms with Gasteiger partial charge in [-0.1, -0.05) is 0 Å². The molecule has 3 heterocycles. The van der Waals surface area contributed by atoms with Crippen molar-refractivity contribution < 1.29 is 4.79 Å². The molecule has 1 amide bonds. The molecule has 2 aromatic heterocycles. The Labute approximate surface area is 168 Å². The molecule has 1 aromatic carbocycles. The van der Waals surface area contributed by atoms with Crippen molar-refractivity contribution in [3.63, 3.8) is 0 Å². The van der Waals surface area contributed by atoms with Gasteiger partial charge in [-0.15, -0.1) is 0 Å². The summed E-state index contributed by atoms with van der Waals surface area (Å²) >= 11 is 0. The summed E-state index contributed by atoms with van der Waals surface area (Å²) in [5.74, 6) is 0.0534. The van der Waals surface area contributed by atoms with Gasteiger partial charge in [-0.3, -0.25) is 14.5 Å². The van der Waals surface area contributed by atoms with E-state index in [-0.39, 0.29) is 11.5 Å². The van der Waals surface area contributed by atoms with Gasteiger partial charge in [-0.2, -0.15) is 5.10 Å². The number of aromatic amines is 1. The van der Waals surface area contributed by atoms with E-state index in [9.17, 15) is 9.59 Å². The molecule has 0 spiro atoms. The summed E-state index contributed by atoms with van der Waals surface area (Å²) in [6.45, 7) is 4.35. The third-order valence-electron chi connectivity index (χ3n) is 5.98. The van der Waals surface area contributed by atoms with Crippen LogP contribution in [0, 0.1) is 0 Å². The van der Waals surface area contributed by atoms with Crippen molar-refractivity contribution in [3.05, 3.63) is 57.8 Å². The van der Waals surface area contributed by atoms with Crippen molar-refractivity contribution in [3.8, 4) is 0 Å². The minimum atomic E-state index is -0.00587. The Morgan fingerprint density at radius 1 is 1.07 bits per heavy atom. The topological polar surface area (TPSA) is 87.1 Å². The van der Waals surface area contributed by atoms with E-state index in [0.717, 1.165) is 61.2 Å². The first-order valence-corrected chi connectivity index (χ1v) is 10.2. The van der Waals surface area contributed by atoms with Crippen molar-refractivity contribution in [2.75, 3.05) is 32.7 Å². The van der Waals surface area contributed by atoms with Gasteiger partial charge in [-0.05, 0) is 43.0 Å². The van der Waals surface area contributed by atoms with Crippen LogP contribution in [0.3, 0.4) is 0 Å². The Kier molecular flexibility index (Phi) is 4.63. The maximum absolute atomic E-state index is 12.8. The molecule has 29 heavy (non-hydrogen) atoms. The molecule has 150 valence electrons. The molecular weight excluding hydrogens is 368 g/mol. The lowest BCUT2D eigenvalue weighted by atomic mass is 10.1. The summed E-state index contributed by atoms with van der Waals surface area (Å²) in [5, 5.41) is 4.55. The second kappa shape index (κ2) is 7.44. The third kappa shape index (κ3) is 3.55. The van der Waals surface area contributed by atoms with Crippen molar-refractivity contribution in [2.24, 2.45) is 0 Å². The van der Waals surface area contributed by atoms with Crippen molar-refractivity contribution in [2.45, 2.75) is 25.8 Å². The molecule has 2 aliphatic rings. The average molecular weight is 392 g/mol. The van der Waals surface area contributed by atoms with Gasteiger partial charge in [0, 0.05) is 44.4 Å². The summed E-state index contributed by atoms with van der Waals surface area (Å²) in [7, 11) is 0. The van der Waals surface area contributed by atoms with E-state index in [1.54, 1.807) is 17.1 Å². The van der Waals surface area contributed by atoms with Crippen LogP contribution >= 0.6 is 0 Å².